The Balaban J connectivity index is 2.72. The van der Waals surface area contributed by atoms with Crippen LogP contribution in [0.3, 0.4) is 0 Å². The standard InChI is InChI=1S/C11H15F2NO/c1-3-10(14)7(2)15-11-5-4-8(12)6-9(11)13/h4-7,10H,3,14H2,1-2H3. The van der Waals surface area contributed by atoms with Crippen molar-refractivity contribution in [2.75, 3.05) is 0 Å². The smallest absolute Gasteiger partial charge is 0.167 e. The highest BCUT2D eigenvalue weighted by Gasteiger charge is 2.14. The lowest BCUT2D eigenvalue weighted by molar-refractivity contribution is 0.179. The van der Waals surface area contributed by atoms with Gasteiger partial charge in [0.15, 0.2) is 11.6 Å². The number of rotatable bonds is 4. The predicted octanol–water partition coefficient (Wildman–Crippen LogP) is 2.47. The molecule has 0 fully saturated rings. The molecule has 0 aliphatic heterocycles. The molecule has 1 aromatic carbocycles. The number of benzene rings is 1. The summed E-state index contributed by atoms with van der Waals surface area (Å²) in [5.74, 6) is -1.29. The summed E-state index contributed by atoms with van der Waals surface area (Å²) < 4.78 is 31.0. The fraction of sp³-hybridized carbons (Fsp3) is 0.455. The molecule has 0 bridgehead atoms. The first kappa shape index (κ1) is 11.9. The zero-order valence-corrected chi connectivity index (χ0v) is 8.84. The zero-order chi connectivity index (χ0) is 11.4. The Labute approximate surface area is 88.0 Å². The summed E-state index contributed by atoms with van der Waals surface area (Å²) in [4.78, 5) is 0. The second-order valence-corrected chi connectivity index (χ2v) is 3.47. The van der Waals surface area contributed by atoms with Gasteiger partial charge in [-0.25, -0.2) is 8.78 Å². The molecule has 0 aliphatic rings. The summed E-state index contributed by atoms with van der Waals surface area (Å²) in [6.07, 6.45) is 0.444. The molecular weight excluding hydrogens is 200 g/mol. The van der Waals surface area contributed by atoms with E-state index in [2.05, 4.69) is 0 Å². The van der Waals surface area contributed by atoms with Gasteiger partial charge in [-0.1, -0.05) is 6.92 Å². The second kappa shape index (κ2) is 5.07. The van der Waals surface area contributed by atoms with E-state index < -0.39 is 11.6 Å². The third-order valence-electron chi connectivity index (χ3n) is 2.28. The molecule has 0 saturated carbocycles. The average molecular weight is 215 g/mol. The Kier molecular flexibility index (Phi) is 4.03. The minimum atomic E-state index is -0.704. The lowest BCUT2D eigenvalue weighted by Gasteiger charge is -2.20. The minimum absolute atomic E-state index is 0.0350. The van der Waals surface area contributed by atoms with Crippen molar-refractivity contribution >= 4 is 0 Å². The van der Waals surface area contributed by atoms with Crippen molar-refractivity contribution in [3.8, 4) is 5.75 Å². The zero-order valence-electron chi connectivity index (χ0n) is 8.84. The maximum Gasteiger partial charge on any atom is 0.167 e. The Bertz CT molecular complexity index is 330. The van der Waals surface area contributed by atoms with E-state index in [1.165, 1.54) is 6.07 Å². The molecule has 2 unspecified atom stereocenters. The van der Waals surface area contributed by atoms with Crippen LogP contribution in [0.5, 0.6) is 5.75 Å². The number of nitrogens with two attached hydrogens (primary N) is 1. The van der Waals surface area contributed by atoms with Crippen LogP contribution in [0.15, 0.2) is 18.2 Å². The molecule has 2 N–H and O–H groups in total. The lowest BCUT2D eigenvalue weighted by Crippen LogP contribution is -2.36. The molecule has 0 spiro atoms. The van der Waals surface area contributed by atoms with Crippen molar-refractivity contribution in [2.24, 2.45) is 5.73 Å². The third kappa shape index (κ3) is 3.16. The molecule has 0 radical (unpaired) electrons. The number of hydrogen-bond acceptors (Lipinski definition) is 2. The first-order chi connectivity index (χ1) is 7.04. The molecule has 0 amide bonds. The van der Waals surface area contributed by atoms with Gasteiger partial charge in [0.25, 0.3) is 0 Å². The van der Waals surface area contributed by atoms with Gasteiger partial charge >= 0.3 is 0 Å². The van der Waals surface area contributed by atoms with Crippen molar-refractivity contribution in [3.63, 3.8) is 0 Å². The topological polar surface area (TPSA) is 35.2 Å². The average Bonchev–Trinajstić information content (AvgIpc) is 2.20. The summed E-state index contributed by atoms with van der Waals surface area (Å²) in [6, 6.07) is 3.06. The van der Waals surface area contributed by atoms with Crippen LogP contribution in [-0.2, 0) is 0 Å². The second-order valence-electron chi connectivity index (χ2n) is 3.47. The molecule has 0 heterocycles. The van der Waals surface area contributed by atoms with Crippen molar-refractivity contribution in [1.82, 2.24) is 0 Å². The molecule has 84 valence electrons. The highest BCUT2D eigenvalue weighted by atomic mass is 19.1. The Morgan fingerprint density at radius 1 is 1.40 bits per heavy atom. The Hall–Kier alpha value is -1.16. The van der Waals surface area contributed by atoms with Gasteiger partial charge in [-0.15, -0.1) is 0 Å². The van der Waals surface area contributed by atoms with Crippen LogP contribution in [0.25, 0.3) is 0 Å². The van der Waals surface area contributed by atoms with Crippen molar-refractivity contribution in [1.29, 1.82) is 0 Å². The number of hydrogen-bond donors (Lipinski definition) is 1. The van der Waals surface area contributed by atoms with Gasteiger partial charge in [-0.2, -0.15) is 0 Å². The van der Waals surface area contributed by atoms with Crippen LogP contribution in [0.2, 0.25) is 0 Å². The normalized spacial score (nSPS) is 14.7. The third-order valence-corrected chi connectivity index (χ3v) is 2.28. The fourth-order valence-corrected chi connectivity index (χ4v) is 1.19. The molecule has 1 aromatic rings. The maximum absolute atomic E-state index is 13.2. The number of ether oxygens (including phenoxy) is 1. The SMILES string of the molecule is CCC(N)C(C)Oc1ccc(F)cc1F. The van der Waals surface area contributed by atoms with Crippen LogP contribution in [0.1, 0.15) is 20.3 Å². The van der Waals surface area contributed by atoms with Crippen LogP contribution < -0.4 is 10.5 Å². The van der Waals surface area contributed by atoms with E-state index >= 15 is 0 Å². The van der Waals surface area contributed by atoms with Gasteiger partial charge in [-0.05, 0) is 25.5 Å². The van der Waals surface area contributed by atoms with Gasteiger partial charge in [0.05, 0.1) is 0 Å². The van der Waals surface area contributed by atoms with Gasteiger partial charge in [0.1, 0.15) is 11.9 Å². The highest BCUT2D eigenvalue weighted by Crippen LogP contribution is 2.19. The Morgan fingerprint density at radius 2 is 2.07 bits per heavy atom. The minimum Gasteiger partial charge on any atom is -0.486 e. The van der Waals surface area contributed by atoms with Crippen LogP contribution in [-0.4, -0.2) is 12.1 Å². The van der Waals surface area contributed by atoms with E-state index in [1.807, 2.05) is 6.92 Å². The summed E-state index contributed by atoms with van der Waals surface area (Å²) in [6.45, 7) is 3.68. The van der Waals surface area contributed by atoms with Gasteiger partial charge < -0.3 is 10.5 Å². The molecule has 4 heteroatoms. The lowest BCUT2D eigenvalue weighted by atomic mass is 10.1. The van der Waals surface area contributed by atoms with E-state index in [-0.39, 0.29) is 17.9 Å². The molecule has 0 aliphatic carbocycles. The molecule has 1 rings (SSSR count). The largest absolute Gasteiger partial charge is 0.486 e. The van der Waals surface area contributed by atoms with Gasteiger partial charge in [0, 0.05) is 12.1 Å². The van der Waals surface area contributed by atoms with Gasteiger partial charge in [-0.3, -0.25) is 0 Å². The monoisotopic (exact) mass is 215 g/mol. The molecular formula is C11H15F2NO. The van der Waals surface area contributed by atoms with Crippen molar-refractivity contribution < 1.29 is 13.5 Å². The molecule has 2 nitrogen and oxygen atoms in total. The van der Waals surface area contributed by atoms with Crippen LogP contribution in [0.4, 0.5) is 8.78 Å². The fourth-order valence-electron chi connectivity index (χ4n) is 1.19. The maximum atomic E-state index is 13.2. The van der Waals surface area contributed by atoms with E-state index in [0.29, 0.717) is 0 Å². The van der Waals surface area contributed by atoms with E-state index in [0.717, 1.165) is 18.6 Å². The molecule has 15 heavy (non-hydrogen) atoms. The quantitative estimate of drug-likeness (QED) is 0.837. The Morgan fingerprint density at radius 3 is 2.60 bits per heavy atom. The summed E-state index contributed by atoms with van der Waals surface area (Å²) in [5, 5.41) is 0. The molecule has 0 aromatic heterocycles. The van der Waals surface area contributed by atoms with Crippen LogP contribution in [0, 0.1) is 11.6 Å². The summed E-state index contributed by atoms with van der Waals surface area (Å²) in [5.41, 5.74) is 5.72. The highest BCUT2D eigenvalue weighted by molar-refractivity contribution is 5.24. The molecule has 2 atom stereocenters. The molecule has 0 saturated heterocycles. The first-order valence-electron chi connectivity index (χ1n) is 4.92. The van der Waals surface area contributed by atoms with Gasteiger partial charge in [0.2, 0.25) is 0 Å². The number of halogens is 2. The van der Waals surface area contributed by atoms with Crippen LogP contribution >= 0.6 is 0 Å². The predicted molar refractivity (Wildman–Crippen MR) is 54.7 cm³/mol. The van der Waals surface area contributed by atoms with Crippen molar-refractivity contribution in [3.05, 3.63) is 29.8 Å². The first-order valence-corrected chi connectivity index (χ1v) is 4.92. The van der Waals surface area contributed by atoms with Crippen molar-refractivity contribution in [2.45, 2.75) is 32.4 Å². The summed E-state index contributed by atoms with van der Waals surface area (Å²) in [7, 11) is 0. The van der Waals surface area contributed by atoms with E-state index in [9.17, 15) is 8.78 Å². The van der Waals surface area contributed by atoms with E-state index in [4.69, 9.17) is 10.5 Å². The summed E-state index contributed by atoms with van der Waals surface area (Å²) >= 11 is 0. The van der Waals surface area contributed by atoms with E-state index in [1.54, 1.807) is 6.92 Å².